The van der Waals surface area contributed by atoms with Gasteiger partial charge in [-0.15, -0.1) is 5.10 Å². The molecule has 1 heterocycles. The predicted molar refractivity (Wildman–Crippen MR) is 64.8 cm³/mol. The van der Waals surface area contributed by atoms with Gasteiger partial charge in [0, 0.05) is 12.1 Å². The van der Waals surface area contributed by atoms with E-state index in [4.69, 9.17) is 10.5 Å². The summed E-state index contributed by atoms with van der Waals surface area (Å²) in [7, 11) is 0. The summed E-state index contributed by atoms with van der Waals surface area (Å²) in [5.41, 5.74) is 8.02. The lowest BCUT2D eigenvalue weighted by molar-refractivity contribution is -0.139. The summed E-state index contributed by atoms with van der Waals surface area (Å²) >= 11 is 0. The molecule has 19 heavy (non-hydrogen) atoms. The SMILES string of the molecule is CCc1nnc(OCCC(F)(F)F)c(CN)c1CC. The number of alkyl halides is 3. The fourth-order valence-corrected chi connectivity index (χ4v) is 1.82. The first-order valence-electron chi connectivity index (χ1n) is 6.19. The molecule has 7 heteroatoms. The van der Waals surface area contributed by atoms with Crippen LogP contribution in [0.4, 0.5) is 13.2 Å². The predicted octanol–water partition coefficient (Wildman–Crippen LogP) is 2.39. The second-order valence-electron chi connectivity index (χ2n) is 4.03. The van der Waals surface area contributed by atoms with Crippen LogP contribution in [0.2, 0.25) is 0 Å². The molecule has 4 nitrogen and oxygen atoms in total. The van der Waals surface area contributed by atoms with Crippen molar-refractivity contribution in [1.29, 1.82) is 0 Å². The van der Waals surface area contributed by atoms with E-state index in [1.54, 1.807) is 0 Å². The van der Waals surface area contributed by atoms with Gasteiger partial charge in [0.1, 0.15) is 0 Å². The number of ether oxygens (including phenoxy) is 1. The fourth-order valence-electron chi connectivity index (χ4n) is 1.82. The smallest absolute Gasteiger partial charge is 0.392 e. The first kappa shape index (κ1) is 15.7. The van der Waals surface area contributed by atoms with Crippen LogP contribution in [0.25, 0.3) is 0 Å². The molecule has 0 amide bonds. The third-order valence-electron chi connectivity index (χ3n) is 2.75. The summed E-state index contributed by atoms with van der Waals surface area (Å²) in [5.74, 6) is 0.112. The van der Waals surface area contributed by atoms with Crippen LogP contribution in [0.15, 0.2) is 0 Å². The van der Waals surface area contributed by atoms with E-state index in [1.807, 2.05) is 13.8 Å². The second kappa shape index (κ2) is 6.70. The Labute approximate surface area is 110 Å². The van der Waals surface area contributed by atoms with Crippen LogP contribution in [0.3, 0.4) is 0 Å². The highest BCUT2D eigenvalue weighted by Crippen LogP contribution is 2.24. The van der Waals surface area contributed by atoms with Crippen molar-refractivity contribution in [3.05, 3.63) is 16.8 Å². The van der Waals surface area contributed by atoms with Crippen molar-refractivity contribution in [1.82, 2.24) is 10.2 Å². The number of hydrogen-bond donors (Lipinski definition) is 1. The number of hydrogen-bond acceptors (Lipinski definition) is 4. The topological polar surface area (TPSA) is 61.0 Å². The van der Waals surface area contributed by atoms with E-state index in [0.29, 0.717) is 18.4 Å². The van der Waals surface area contributed by atoms with Gasteiger partial charge >= 0.3 is 6.18 Å². The maximum Gasteiger partial charge on any atom is 0.392 e. The van der Waals surface area contributed by atoms with Crippen molar-refractivity contribution < 1.29 is 17.9 Å². The fraction of sp³-hybridized carbons (Fsp3) is 0.667. The maximum atomic E-state index is 12.1. The molecular formula is C12H18F3N3O. The Kier molecular flexibility index (Phi) is 5.53. The van der Waals surface area contributed by atoms with E-state index >= 15 is 0 Å². The molecule has 0 radical (unpaired) electrons. The third kappa shape index (κ3) is 4.34. The molecule has 0 spiro atoms. The lowest BCUT2D eigenvalue weighted by Crippen LogP contribution is -2.16. The second-order valence-corrected chi connectivity index (χ2v) is 4.03. The lowest BCUT2D eigenvalue weighted by atomic mass is 10.0. The van der Waals surface area contributed by atoms with Crippen LogP contribution in [-0.2, 0) is 19.4 Å². The Hall–Kier alpha value is -1.37. The average Bonchev–Trinajstić information content (AvgIpc) is 2.36. The van der Waals surface area contributed by atoms with Crippen LogP contribution >= 0.6 is 0 Å². The van der Waals surface area contributed by atoms with Gasteiger partial charge in [-0.3, -0.25) is 0 Å². The molecular weight excluding hydrogens is 259 g/mol. The number of aryl methyl sites for hydroxylation is 1. The Balaban J connectivity index is 2.89. The Morgan fingerprint density at radius 1 is 1.11 bits per heavy atom. The zero-order valence-corrected chi connectivity index (χ0v) is 11.0. The summed E-state index contributed by atoms with van der Waals surface area (Å²) in [6.07, 6.45) is -3.87. The van der Waals surface area contributed by atoms with E-state index in [2.05, 4.69) is 10.2 Å². The van der Waals surface area contributed by atoms with Gasteiger partial charge in [-0.05, 0) is 18.4 Å². The van der Waals surface area contributed by atoms with Crippen LogP contribution in [0.1, 0.15) is 37.1 Å². The van der Waals surface area contributed by atoms with Crippen LogP contribution in [0, 0.1) is 0 Å². The van der Waals surface area contributed by atoms with Crippen LogP contribution in [-0.4, -0.2) is 23.0 Å². The molecule has 0 aliphatic heterocycles. The van der Waals surface area contributed by atoms with Crippen molar-refractivity contribution in [3.63, 3.8) is 0 Å². The van der Waals surface area contributed by atoms with E-state index in [9.17, 15) is 13.2 Å². The van der Waals surface area contributed by atoms with Gasteiger partial charge in [-0.1, -0.05) is 13.8 Å². The summed E-state index contributed by atoms with van der Waals surface area (Å²) < 4.78 is 41.3. The van der Waals surface area contributed by atoms with Crippen molar-refractivity contribution in [3.8, 4) is 5.88 Å². The molecule has 0 aliphatic carbocycles. The maximum absolute atomic E-state index is 12.1. The largest absolute Gasteiger partial charge is 0.476 e. The Bertz CT molecular complexity index is 421. The van der Waals surface area contributed by atoms with E-state index in [1.165, 1.54) is 0 Å². The Morgan fingerprint density at radius 2 is 1.79 bits per heavy atom. The normalized spacial score (nSPS) is 11.7. The molecule has 0 bridgehead atoms. The first-order chi connectivity index (χ1) is 8.92. The first-order valence-corrected chi connectivity index (χ1v) is 6.19. The molecule has 0 unspecified atom stereocenters. The molecule has 0 saturated heterocycles. The lowest BCUT2D eigenvalue weighted by Gasteiger charge is -2.15. The number of nitrogens with zero attached hydrogens (tertiary/aromatic N) is 2. The minimum absolute atomic E-state index is 0.112. The molecule has 0 fully saturated rings. The molecule has 2 N–H and O–H groups in total. The van der Waals surface area contributed by atoms with Gasteiger partial charge in [-0.25, -0.2) is 0 Å². The minimum Gasteiger partial charge on any atom is -0.476 e. The zero-order valence-electron chi connectivity index (χ0n) is 11.0. The van der Waals surface area contributed by atoms with Crippen molar-refractivity contribution in [2.45, 2.75) is 45.8 Å². The van der Waals surface area contributed by atoms with Gasteiger partial charge in [0.05, 0.1) is 18.7 Å². The number of nitrogens with two attached hydrogens (primary N) is 1. The molecule has 0 aliphatic rings. The van der Waals surface area contributed by atoms with Gasteiger partial charge < -0.3 is 10.5 Å². The van der Waals surface area contributed by atoms with Gasteiger partial charge in [0.25, 0.3) is 0 Å². The minimum atomic E-state index is -4.24. The van der Waals surface area contributed by atoms with Crippen molar-refractivity contribution in [2.75, 3.05) is 6.61 Å². The van der Waals surface area contributed by atoms with Crippen molar-refractivity contribution in [2.24, 2.45) is 5.73 Å². The van der Waals surface area contributed by atoms with E-state index < -0.39 is 19.2 Å². The summed E-state index contributed by atoms with van der Waals surface area (Å²) in [6, 6.07) is 0. The number of aromatic nitrogens is 2. The summed E-state index contributed by atoms with van der Waals surface area (Å²) in [4.78, 5) is 0. The highest BCUT2D eigenvalue weighted by molar-refractivity contribution is 5.36. The van der Waals surface area contributed by atoms with E-state index in [-0.39, 0.29) is 12.4 Å². The summed E-state index contributed by atoms with van der Waals surface area (Å²) in [5, 5.41) is 7.81. The zero-order chi connectivity index (χ0) is 14.5. The third-order valence-corrected chi connectivity index (χ3v) is 2.75. The molecule has 0 saturated carbocycles. The molecule has 0 atom stereocenters. The standard InChI is InChI=1S/C12H18F3N3O/c1-3-8-9(7-16)11(18-17-10(8)4-2)19-6-5-12(13,14)15/h3-7,16H2,1-2H3. The molecule has 108 valence electrons. The monoisotopic (exact) mass is 277 g/mol. The molecule has 1 aromatic heterocycles. The highest BCUT2D eigenvalue weighted by Gasteiger charge is 2.27. The average molecular weight is 277 g/mol. The Morgan fingerprint density at radius 3 is 2.26 bits per heavy atom. The molecule has 1 aromatic rings. The van der Waals surface area contributed by atoms with Crippen LogP contribution < -0.4 is 10.5 Å². The van der Waals surface area contributed by atoms with E-state index in [0.717, 1.165) is 11.3 Å². The number of rotatable bonds is 6. The highest BCUT2D eigenvalue weighted by atomic mass is 19.4. The quantitative estimate of drug-likeness (QED) is 0.867. The van der Waals surface area contributed by atoms with Gasteiger partial charge in [-0.2, -0.15) is 18.3 Å². The van der Waals surface area contributed by atoms with Crippen LogP contribution in [0.5, 0.6) is 5.88 Å². The molecule has 0 aromatic carbocycles. The van der Waals surface area contributed by atoms with Gasteiger partial charge in [0.2, 0.25) is 5.88 Å². The van der Waals surface area contributed by atoms with Crippen molar-refractivity contribution >= 4 is 0 Å². The van der Waals surface area contributed by atoms with Gasteiger partial charge in [0.15, 0.2) is 0 Å². The number of halogens is 3. The summed E-state index contributed by atoms with van der Waals surface area (Å²) in [6.45, 7) is 3.58. The molecule has 1 rings (SSSR count).